The Bertz CT molecular complexity index is 1150. The molecular weight excluding hydrogens is 493 g/mol. The summed E-state index contributed by atoms with van der Waals surface area (Å²) in [7, 11) is 4.65. The molecule has 5 nitrogen and oxygen atoms in total. The number of carbonyl (C=O) groups excluding carboxylic acids is 1. The lowest BCUT2D eigenvalue weighted by atomic mass is 10.0. The molecule has 9 heteroatoms. The first-order chi connectivity index (χ1) is 17.2. The van der Waals surface area contributed by atoms with Gasteiger partial charge in [0.25, 0.3) is 0 Å². The van der Waals surface area contributed by atoms with Gasteiger partial charge in [0.2, 0.25) is 5.91 Å². The van der Waals surface area contributed by atoms with Crippen LogP contribution in [0.25, 0.3) is 0 Å². The largest absolute Gasteiger partial charge is 0.493 e. The molecule has 0 aromatic heterocycles. The zero-order valence-corrected chi connectivity index (χ0v) is 21.0. The Morgan fingerprint density at radius 3 is 2.17 bits per heavy atom. The third-order valence-electron chi connectivity index (χ3n) is 5.84. The minimum Gasteiger partial charge on any atom is -0.493 e. The highest BCUT2D eigenvalue weighted by Gasteiger charge is 2.30. The second kappa shape index (κ2) is 12.0. The van der Waals surface area contributed by atoms with Crippen molar-refractivity contribution in [2.24, 2.45) is 0 Å². The van der Waals surface area contributed by atoms with Crippen molar-refractivity contribution in [1.82, 2.24) is 5.32 Å². The smallest absolute Gasteiger partial charge is 0.416 e. The number of hydrogen-bond acceptors (Lipinski definition) is 4. The average molecular weight is 521 g/mol. The van der Waals surface area contributed by atoms with Crippen LogP contribution < -0.4 is 19.7 Å². The lowest BCUT2D eigenvalue weighted by molar-refractivity contribution is -0.137. The predicted molar refractivity (Wildman–Crippen MR) is 135 cm³/mol. The van der Waals surface area contributed by atoms with Crippen LogP contribution in [-0.4, -0.2) is 33.7 Å². The molecule has 0 fully saturated rings. The lowest BCUT2D eigenvalue weighted by Gasteiger charge is -2.33. The molecule has 192 valence electrons. The highest BCUT2D eigenvalue weighted by molar-refractivity contribution is 6.30. The quantitative estimate of drug-likeness (QED) is 0.341. The normalized spacial score (nSPS) is 12.1. The maximum atomic E-state index is 13.1. The summed E-state index contributed by atoms with van der Waals surface area (Å²) in [4.78, 5) is 15.0. The first-order valence-electron chi connectivity index (χ1n) is 11.3. The molecule has 1 N–H and O–H groups in total. The van der Waals surface area contributed by atoms with E-state index in [1.54, 1.807) is 50.6 Å². The molecule has 1 amide bonds. The Morgan fingerprint density at radius 2 is 1.61 bits per heavy atom. The van der Waals surface area contributed by atoms with Gasteiger partial charge in [0.05, 0.1) is 19.8 Å². The molecule has 0 aliphatic rings. The van der Waals surface area contributed by atoms with Crippen LogP contribution in [0.5, 0.6) is 11.5 Å². The number of nitrogens with zero attached hydrogens (tertiary/aromatic N) is 1. The number of likely N-dealkylation sites (N-methyl/N-ethyl adjacent to an activating group) is 1. The third-order valence-corrected chi connectivity index (χ3v) is 6.09. The summed E-state index contributed by atoms with van der Waals surface area (Å²) >= 11 is 6.08. The number of aryl methyl sites for hydroxylation is 1. The SMILES string of the molecule is CNC(=O)[C@@H](c1ccc(Cl)cc1)N(CCCc1ccc(C(F)(F)F)cc1)c1ccc(OC)c(OC)c1. The summed E-state index contributed by atoms with van der Waals surface area (Å²) in [5, 5.41) is 3.28. The molecule has 36 heavy (non-hydrogen) atoms. The summed E-state index contributed by atoms with van der Waals surface area (Å²) in [5.74, 6) is 0.838. The molecule has 0 aliphatic heterocycles. The molecule has 1 atom stereocenters. The van der Waals surface area contributed by atoms with Crippen molar-refractivity contribution in [2.45, 2.75) is 25.1 Å². The number of rotatable bonds is 10. The van der Waals surface area contributed by atoms with Crippen LogP contribution >= 0.6 is 11.6 Å². The molecule has 0 bridgehead atoms. The number of carbonyl (C=O) groups is 1. The van der Waals surface area contributed by atoms with Crippen molar-refractivity contribution >= 4 is 23.2 Å². The van der Waals surface area contributed by atoms with Crippen molar-refractivity contribution in [3.63, 3.8) is 0 Å². The molecule has 0 saturated heterocycles. The first kappa shape index (κ1) is 27.2. The van der Waals surface area contributed by atoms with Gasteiger partial charge in [0.1, 0.15) is 6.04 Å². The highest BCUT2D eigenvalue weighted by atomic mass is 35.5. The summed E-state index contributed by atoms with van der Waals surface area (Å²) < 4.78 is 49.5. The van der Waals surface area contributed by atoms with Gasteiger partial charge < -0.3 is 19.7 Å². The number of halogens is 4. The van der Waals surface area contributed by atoms with Crippen LogP contribution in [0.3, 0.4) is 0 Å². The number of methoxy groups -OCH3 is 2. The van der Waals surface area contributed by atoms with Crippen LogP contribution in [0.15, 0.2) is 66.7 Å². The second-order valence-electron chi connectivity index (χ2n) is 8.10. The number of amides is 1. The number of anilines is 1. The van der Waals surface area contributed by atoms with Gasteiger partial charge in [-0.05, 0) is 60.4 Å². The fourth-order valence-corrected chi connectivity index (χ4v) is 4.11. The average Bonchev–Trinajstić information content (AvgIpc) is 2.88. The van der Waals surface area contributed by atoms with E-state index in [0.29, 0.717) is 35.9 Å². The monoisotopic (exact) mass is 520 g/mol. The second-order valence-corrected chi connectivity index (χ2v) is 8.54. The zero-order valence-electron chi connectivity index (χ0n) is 20.2. The van der Waals surface area contributed by atoms with Gasteiger partial charge >= 0.3 is 6.18 Å². The van der Waals surface area contributed by atoms with Gasteiger partial charge in [-0.3, -0.25) is 4.79 Å². The van der Waals surface area contributed by atoms with Crippen molar-refractivity contribution in [3.05, 3.63) is 88.4 Å². The van der Waals surface area contributed by atoms with Gasteiger partial charge in [-0.25, -0.2) is 0 Å². The van der Waals surface area contributed by atoms with E-state index in [1.807, 2.05) is 11.0 Å². The Morgan fingerprint density at radius 1 is 0.972 bits per heavy atom. The molecular formula is C27H28ClF3N2O3. The van der Waals surface area contributed by atoms with Gasteiger partial charge in [0, 0.05) is 30.4 Å². The van der Waals surface area contributed by atoms with E-state index in [2.05, 4.69) is 5.32 Å². The third kappa shape index (κ3) is 6.63. The molecule has 3 rings (SSSR count). The fraction of sp³-hybridized carbons (Fsp3) is 0.296. The lowest BCUT2D eigenvalue weighted by Crippen LogP contribution is -2.40. The van der Waals surface area contributed by atoms with E-state index >= 15 is 0 Å². The topological polar surface area (TPSA) is 50.8 Å². The number of nitrogens with one attached hydrogen (secondary N) is 1. The molecule has 0 radical (unpaired) electrons. The van der Waals surface area contributed by atoms with Crippen LogP contribution in [0.4, 0.5) is 18.9 Å². The van der Waals surface area contributed by atoms with E-state index in [9.17, 15) is 18.0 Å². The Labute approximate surface area is 213 Å². The van der Waals surface area contributed by atoms with E-state index in [1.165, 1.54) is 19.2 Å². The maximum Gasteiger partial charge on any atom is 0.416 e. The van der Waals surface area contributed by atoms with E-state index in [4.69, 9.17) is 21.1 Å². The molecule has 3 aromatic rings. The molecule has 0 aliphatic carbocycles. The van der Waals surface area contributed by atoms with Crippen molar-refractivity contribution < 1.29 is 27.4 Å². The standard InChI is InChI=1S/C27H28ClF3N2O3/c1-32-26(34)25(19-8-12-21(28)13-9-19)33(22-14-15-23(35-2)24(17-22)36-3)16-4-5-18-6-10-20(11-7-18)27(29,30)31/h6-15,17,25H,4-5,16H2,1-3H3,(H,32,34)/t25-/m1/s1. The van der Waals surface area contributed by atoms with Crippen LogP contribution in [0, 0.1) is 0 Å². The number of ether oxygens (including phenoxy) is 2. The number of benzene rings is 3. The van der Waals surface area contributed by atoms with Crippen molar-refractivity contribution in [1.29, 1.82) is 0 Å². The van der Waals surface area contributed by atoms with Gasteiger partial charge in [-0.2, -0.15) is 13.2 Å². The Balaban J connectivity index is 1.93. The number of alkyl halides is 3. The first-order valence-corrected chi connectivity index (χ1v) is 11.7. The fourth-order valence-electron chi connectivity index (χ4n) is 3.98. The predicted octanol–water partition coefficient (Wildman–Crippen LogP) is 6.30. The summed E-state index contributed by atoms with van der Waals surface area (Å²) in [5.41, 5.74) is 1.56. The summed E-state index contributed by atoms with van der Waals surface area (Å²) in [6.07, 6.45) is -3.26. The van der Waals surface area contributed by atoms with Crippen LogP contribution in [0.2, 0.25) is 5.02 Å². The minimum atomic E-state index is -4.37. The molecule has 0 heterocycles. The highest BCUT2D eigenvalue weighted by Crippen LogP contribution is 2.36. The van der Waals surface area contributed by atoms with E-state index in [0.717, 1.165) is 28.9 Å². The minimum absolute atomic E-state index is 0.221. The molecule has 0 unspecified atom stereocenters. The summed E-state index contributed by atoms with van der Waals surface area (Å²) in [6, 6.07) is 16.9. The number of hydrogen-bond donors (Lipinski definition) is 1. The molecule has 3 aromatic carbocycles. The van der Waals surface area contributed by atoms with E-state index in [-0.39, 0.29) is 5.91 Å². The zero-order chi connectivity index (χ0) is 26.3. The van der Waals surface area contributed by atoms with Gasteiger partial charge in [0.15, 0.2) is 11.5 Å². The van der Waals surface area contributed by atoms with Crippen LogP contribution in [0.1, 0.15) is 29.2 Å². The molecule has 0 saturated carbocycles. The van der Waals surface area contributed by atoms with Gasteiger partial charge in [-0.15, -0.1) is 0 Å². The van der Waals surface area contributed by atoms with Crippen LogP contribution in [-0.2, 0) is 17.4 Å². The maximum absolute atomic E-state index is 13.1. The summed E-state index contributed by atoms with van der Waals surface area (Å²) in [6.45, 7) is 0.442. The van der Waals surface area contributed by atoms with Crippen molar-refractivity contribution in [3.8, 4) is 11.5 Å². The Hall–Kier alpha value is -3.39. The van der Waals surface area contributed by atoms with Gasteiger partial charge in [-0.1, -0.05) is 35.9 Å². The van der Waals surface area contributed by atoms with Crippen molar-refractivity contribution in [2.75, 3.05) is 32.7 Å². The molecule has 0 spiro atoms. The van der Waals surface area contributed by atoms with E-state index < -0.39 is 17.8 Å². The Kier molecular flexibility index (Phi) is 9.09.